The molecule has 3 aromatic heterocycles. The SMILES string of the molecule is O=C1c2cccnc2-c2nccc3c2c1nc1ccccc13. The van der Waals surface area contributed by atoms with E-state index in [1.165, 1.54) is 0 Å². The van der Waals surface area contributed by atoms with Crippen molar-refractivity contribution in [2.24, 2.45) is 0 Å². The summed E-state index contributed by atoms with van der Waals surface area (Å²) in [5.74, 6) is -0.0839. The van der Waals surface area contributed by atoms with Crippen LogP contribution in [0.4, 0.5) is 0 Å². The van der Waals surface area contributed by atoms with Crippen molar-refractivity contribution < 1.29 is 4.79 Å². The Kier molecular flexibility index (Phi) is 2.07. The summed E-state index contributed by atoms with van der Waals surface area (Å²) < 4.78 is 0. The van der Waals surface area contributed by atoms with Crippen molar-refractivity contribution in [2.75, 3.05) is 0 Å². The van der Waals surface area contributed by atoms with Crippen molar-refractivity contribution in [2.45, 2.75) is 0 Å². The van der Waals surface area contributed by atoms with E-state index in [9.17, 15) is 4.79 Å². The number of carbonyl (C=O) groups is 1. The molecule has 102 valence electrons. The van der Waals surface area contributed by atoms with Gasteiger partial charge < -0.3 is 0 Å². The lowest BCUT2D eigenvalue weighted by Crippen LogP contribution is -2.14. The van der Waals surface area contributed by atoms with Crippen LogP contribution in [0.15, 0.2) is 54.9 Å². The third kappa shape index (κ3) is 1.31. The lowest BCUT2D eigenvalue weighted by Gasteiger charge is -2.18. The second-order valence-corrected chi connectivity index (χ2v) is 5.29. The number of hydrogen-bond acceptors (Lipinski definition) is 4. The van der Waals surface area contributed by atoms with Gasteiger partial charge in [0.1, 0.15) is 11.4 Å². The zero-order valence-corrected chi connectivity index (χ0v) is 11.4. The summed E-state index contributed by atoms with van der Waals surface area (Å²) in [6.45, 7) is 0. The van der Waals surface area contributed by atoms with Gasteiger partial charge in [-0.1, -0.05) is 18.2 Å². The van der Waals surface area contributed by atoms with Crippen molar-refractivity contribution in [3.05, 3.63) is 66.1 Å². The molecule has 0 atom stereocenters. The Morgan fingerprint density at radius 1 is 0.727 bits per heavy atom. The third-order valence-electron chi connectivity index (χ3n) is 4.11. The molecule has 4 aromatic rings. The van der Waals surface area contributed by atoms with E-state index in [-0.39, 0.29) is 5.78 Å². The standard InChI is InChI=1S/C18H9N3O/c22-18-12-5-3-8-19-15(12)16-14-11(7-9-20-16)10-4-1-2-6-13(10)21-17(14)18/h1-9H. The van der Waals surface area contributed by atoms with Gasteiger partial charge in [0.05, 0.1) is 16.8 Å². The molecule has 1 aliphatic rings. The first kappa shape index (κ1) is 11.5. The zero-order valence-electron chi connectivity index (χ0n) is 11.4. The minimum Gasteiger partial charge on any atom is -0.287 e. The zero-order chi connectivity index (χ0) is 14.7. The van der Waals surface area contributed by atoms with E-state index in [1.54, 1.807) is 24.5 Å². The summed E-state index contributed by atoms with van der Waals surface area (Å²) in [7, 11) is 0. The number of nitrogens with zero attached hydrogens (tertiary/aromatic N) is 3. The van der Waals surface area contributed by atoms with Crippen LogP contribution in [0.5, 0.6) is 0 Å². The van der Waals surface area contributed by atoms with Gasteiger partial charge in [-0.2, -0.15) is 0 Å². The Morgan fingerprint density at radius 3 is 2.55 bits per heavy atom. The maximum atomic E-state index is 12.8. The maximum Gasteiger partial charge on any atom is 0.214 e. The number of ketones is 1. The Hall–Kier alpha value is -3.14. The summed E-state index contributed by atoms with van der Waals surface area (Å²) in [5.41, 5.74) is 3.24. The number of benzene rings is 1. The normalized spacial score (nSPS) is 12.6. The van der Waals surface area contributed by atoms with Crippen LogP contribution in [0.2, 0.25) is 0 Å². The third-order valence-corrected chi connectivity index (χ3v) is 4.11. The van der Waals surface area contributed by atoms with Crippen LogP contribution in [0.1, 0.15) is 16.1 Å². The van der Waals surface area contributed by atoms with E-state index in [0.717, 1.165) is 27.4 Å². The number of fused-ring (bicyclic) bond motifs is 4. The fourth-order valence-electron chi connectivity index (χ4n) is 3.15. The van der Waals surface area contributed by atoms with Crippen LogP contribution in [-0.4, -0.2) is 20.7 Å². The largest absolute Gasteiger partial charge is 0.287 e. The molecule has 4 heteroatoms. The summed E-state index contributed by atoms with van der Waals surface area (Å²) in [5, 5.41) is 2.82. The fraction of sp³-hybridized carbons (Fsp3) is 0. The number of carbonyl (C=O) groups excluding carboxylic acids is 1. The van der Waals surface area contributed by atoms with Crippen LogP contribution in [0.25, 0.3) is 33.1 Å². The monoisotopic (exact) mass is 283 g/mol. The highest BCUT2D eigenvalue weighted by molar-refractivity contribution is 6.26. The molecule has 0 saturated carbocycles. The summed E-state index contributed by atoms with van der Waals surface area (Å²) >= 11 is 0. The number of aromatic nitrogens is 3. The minimum atomic E-state index is -0.0839. The summed E-state index contributed by atoms with van der Waals surface area (Å²) in [4.78, 5) is 26.2. The van der Waals surface area contributed by atoms with Crippen LogP contribution >= 0.6 is 0 Å². The van der Waals surface area contributed by atoms with Crippen LogP contribution in [-0.2, 0) is 0 Å². The van der Waals surface area contributed by atoms with E-state index in [0.29, 0.717) is 17.0 Å². The number of rotatable bonds is 0. The van der Waals surface area contributed by atoms with Gasteiger partial charge in [0, 0.05) is 23.2 Å². The molecule has 1 aliphatic carbocycles. The van der Waals surface area contributed by atoms with Crippen molar-refractivity contribution in [3.8, 4) is 11.4 Å². The summed E-state index contributed by atoms with van der Waals surface area (Å²) in [6.07, 6.45) is 3.45. The second kappa shape index (κ2) is 3.95. The molecule has 22 heavy (non-hydrogen) atoms. The lowest BCUT2D eigenvalue weighted by atomic mass is 9.90. The van der Waals surface area contributed by atoms with Gasteiger partial charge in [-0.25, -0.2) is 4.98 Å². The molecule has 0 saturated heterocycles. The molecule has 0 unspecified atom stereocenters. The van der Waals surface area contributed by atoms with E-state index in [1.807, 2.05) is 30.3 Å². The van der Waals surface area contributed by atoms with Crippen molar-refractivity contribution >= 4 is 27.5 Å². The highest BCUT2D eigenvalue weighted by Gasteiger charge is 2.29. The van der Waals surface area contributed by atoms with Gasteiger partial charge in [-0.3, -0.25) is 14.8 Å². The predicted octanol–water partition coefficient (Wildman–Crippen LogP) is 3.39. The average molecular weight is 283 g/mol. The highest BCUT2D eigenvalue weighted by atomic mass is 16.1. The molecule has 0 fully saturated rings. The molecule has 0 radical (unpaired) electrons. The quantitative estimate of drug-likeness (QED) is 0.409. The Bertz CT molecular complexity index is 1100. The minimum absolute atomic E-state index is 0.0839. The molecule has 4 nitrogen and oxygen atoms in total. The van der Waals surface area contributed by atoms with Crippen LogP contribution < -0.4 is 0 Å². The Balaban J connectivity index is 2.09. The molecule has 0 aliphatic heterocycles. The molecular weight excluding hydrogens is 274 g/mol. The first-order chi connectivity index (χ1) is 10.8. The van der Waals surface area contributed by atoms with Gasteiger partial charge in [-0.15, -0.1) is 0 Å². The first-order valence-electron chi connectivity index (χ1n) is 7.02. The Labute approximate surface area is 125 Å². The van der Waals surface area contributed by atoms with Gasteiger partial charge in [0.15, 0.2) is 0 Å². The van der Waals surface area contributed by atoms with Crippen LogP contribution in [0, 0.1) is 0 Å². The van der Waals surface area contributed by atoms with Crippen LogP contribution in [0.3, 0.4) is 0 Å². The molecule has 3 heterocycles. The molecule has 5 rings (SSSR count). The number of para-hydroxylation sites is 1. The smallest absolute Gasteiger partial charge is 0.214 e. The number of pyridine rings is 3. The Morgan fingerprint density at radius 2 is 1.59 bits per heavy atom. The van der Waals surface area contributed by atoms with Crippen molar-refractivity contribution in [1.29, 1.82) is 0 Å². The van der Waals surface area contributed by atoms with E-state index >= 15 is 0 Å². The molecule has 0 bridgehead atoms. The predicted molar refractivity (Wildman–Crippen MR) is 83.7 cm³/mol. The van der Waals surface area contributed by atoms with Crippen molar-refractivity contribution in [3.63, 3.8) is 0 Å². The van der Waals surface area contributed by atoms with E-state index in [4.69, 9.17) is 0 Å². The lowest BCUT2D eigenvalue weighted by molar-refractivity contribution is 0.103. The molecule has 1 aromatic carbocycles. The van der Waals surface area contributed by atoms with Gasteiger partial charge in [0.2, 0.25) is 5.78 Å². The van der Waals surface area contributed by atoms with E-state index < -0.39 is 0 Å². The maximum absolute atomic E-state index is 12.8. The van der Waals surface area contributed by atoms with Gasteiger partial charge in [-0.05, 0) is 29.7 Å². The van der Waals surface area contributed by atoms with E-state index in [2.05, 4.69) is 15.0 Å². The molecule has 0 N–H and O–H groups in total. The number of hydrogen-bond donors (Lipinski definition) is 0. The average Bonchev–Trinajstić information content (AvgIpc) is 2.59. The van der Waals surface area contributed by atoms with Crippen molar-refractivity contribution in [1.82, 2.24) is 15.0 Å². The highest BCUT2D eigenvalue weighted by Crippen LogP contribution is 2.38. The summed E-state index contributed by atoms with van der Waals surface area (Å²) in [6, 6.07) is 13.3. The van der Waals surface area contributed by atoms with Gasteiger partial charge in [0.25, 0.3) is 0 Å². The first-order valence-corrected chi connectivity index (χ1v) is 7.02. The second-order valence-electron chi connectivity index (χ2n) is 5.29. The topological polar surface area (TPSA) is 55.7 Å². The molecular formula is C18H9N3O. The molecule has 0 amide bonds. The van der Waals surface area contributed by atoms with Gasteiger partial charge >= 0.3 is 0 Å². The molecule has 0 spiro atoms. The fourth-order valence-corrected chi connectivity index (χ4v) is 3.15.